The molecule has 0 spiro atoms. The molecule has 0 bridgehead atoms. The fourth-order valence-electron chi connectivity index (χ4n) is 2.10. The highest BCUT2D eigenvalue weighted by atomic mass is 79.9. The van der Waals surface area contributed by atoms with Crippen molar-refractivity contribution >= 4 is 21.7 Å². The lowest BCUT2D eigenvalue weighted by Gasteiger charge is -2.09. The van der Waals surface area contributed by atoms with Crippen molar-refractivity contribution in [3.63, 3.8) is 0 Å². The number of carbonyl (C=O) groups is 1. The summed E-state index contributed by atoms with van der Waals surface area (Å²) >= 11 is 3.10. The zero-order valence-corrected chi connectivity index (χ0v) is 12.4. The first-order valence-electron chi connectivity index (χ1n) is 6.03. The number of aryl methyl sites for hydroxylation is 2. The van der Waals surface area contributed by atoms with Crippen LogP contribution in [0.15, 0.2) is 40.9 Å². The van der Waals surface area contributed by atoms with Crippen LogP contribution in [-0.4, -0.2) is 5.78 Å². The van der Waals surface area contributed by atoms with Crippen molar-refractivity contribution in [3.8, 4) is 0 Å². The predicted octanol–water partition coefficient (Wildman–Crippen LogP) is 4.63. The van der Waals surface area contributed by atoms with E-state index in [2.05, 4.69) is 15.9 Å². The minimum atomic E-state index is -0.487. The van der Waals surface area contributed by atoms with Crippen molar-refractivity contribution in [2.45, 2.75) is 20.3 Å². The molecule has 0 fully saturated rings. The van der Waals surface area contributed by atoms with E-state index in [9.17, 15) is 9.18 Å². The normalized spacial score (nSPS) is 10.5. The Morgan fingerprint density at radius 1 is 1.11 bits per heavy atom. The molecule has 2 aromatic rings. The lowest BCUT2D eigenvalue weighted by Crippen LogP contribution is -2.08. The summed E-state index contributed by atoms with van der Waals surface area (Å²) in [4.78, 5) is 12.2. The van der Waals surface area contributed by atoms with Crippen molar-refractivity contribution in [2.24, 2.45) is 0 Å². The van der Waals surface area contributed by atoms with Gasteiger partial charge in [-0.2, -0.15) is 0 Å². The molecule has 0 atom stereocenters. The summed E-state index contributed by atoms with van der Waals surface area (Å²) in [6, 6.07) is 10.7. The van der Waals surface area contributed by atoms with Crippen molar-refractivity contribution in [3.05, 3.63) is 68.9 Å². The van der Waals surface area contributed by atoms with E-state index >= 15 is 0 Å². The van der Waals surface area contributed by atoms with Gasteiger partial charge in [0, 0.05) is 6.42 Å². The molecule has 3 heteroatoms. The van der Waals surface area contributed by atoms with Crippen LogP contribution in [0.2, 0.25) is 0 Å². The van der Waals surface area contributed by atoms with Crippen LogP contribution < -0.4 is 0 Å². The number of benzene rings is 2. The predicted molar refractivity (Wildman–Crippen MR) is 78.1 cm³/mol. The monoisotopic (exact) mass is 320 g/mol. The van der Waals surface area contributed by atoms with Crippen LogP contribution >= 0.6 is 15.9 Å². The van der Waals surface area contributed by atoms with E-state index in [0.29, 0.717) is 4.47 Å². The molecule has 0 aromatic heterocycles. The molecule has 2 aromatic carbocycles. The Balaban J connectivity index is 2.34. The van der Waals surface area contributed by atoms with Gasteiger partial charge in [-0.1, -0.05) is 24.3 Å². The quantitative estimate of drug-likeness (QED) is 0.753. The van der Waals surface area contributed by atoms with Crippen LogP contribution in [0.25, 0.3) is 0 Å². The largest absolute Gasteiger partial charge is 0.294 e. The van der Waals surface area contributed by atoms with Gasteiger partial charge in [0.1, 0.15) is 5.82 Å². The van der Waals surface area contributed by atoms with E-state index in [4.69, 9.17) is 0 Å². The number of Topliss-reactive ketones (excluding diaryl/α,β-unsaturated/α-hetero) is 1. The van der Waals surface area contributed by atoms with Gasteiger partial charge in [0.05, 0.1) is 10.0 Å². The van der Waals surface area contributed by atoms with Crippen molar-refractivity contribution in [2.75, 3.05) is 0 Å². The van der Waals surface area contributed by atoms with E-state index in [1.54, 1.807) is 12.1 Å². The maximum Gasteiger partial charge on any atom is 0.170 e. The van der Waals surface area contributed by atoms with Crippen LogP contribution in [0, 0.1) is 19.7 Å². The number of hydrogen-bond acceptors (Lipinski definition) is 1. The molecule has 0 amide bonds. The molecule has 0 aliphatic carbocycles. The fourth-order valence-corrected chi connectivity index (χ4v) is 2.47. The molecule has 2 rings (SSSR count). The standard InChI is InChI=1S/C16H14BrFO/c1-10-5-3-6-11(2)13(10)9-15(19)12-7-4-8-14(17)16(12)18/h3-8H,9H2,1-2H3. The highest BCUT2D eigenvalue weighted by Crippen LogP contribution is 2.21. The van der Waals surface area contributed by atoms with Gasteiger partial charge in [-0.3, -0.25) is 4.79 Å². The third-order valence-electron chi connectivity index (χ3n) is 3.23. The molecule has 19 heavy (non-hydrogen) atoms. The van der Waals surface area contributed by atoms with Gasteiger partial charge in [0.15, 0.2) is 5.78 Å². The number of halogens is 2. The number of carbonyl (C=O) groups excluding carboxylic acids is 1. The molecule has 0 saturated carbocycles. The van der Waals surface area contributed by atoms with Crippen molar-refractivity contribution in [1.29, 1.82) is 0 Å². The molecule has 0 saturated heterocycles. The van der Waals surface area contributed by atoms with Gasteiger partial charge >= 0.3 is 0 Å². The average Bonchev–Trinajstić information content (AvgIpc) is 2.37. The Kier molecular flexibility index (Phi) is 4.15. The highest BCUT2D eigenvalue weighted by Gasteiger charge is 2.16. The summed E-state index contributed by atoms with van der Waals surface area (Å²) in [5.74, 6) is -0.685. The fraction of sp³-hybridized carbons (Fsp3) is 0.188. The molecule has 0 aliphatic rings. The summed E-state index contributed by atoms with van der Waals surface area (Å²) in [6.45, 7) is 3.93. The second-order valence-corrected chi connectivity index (χ2v) is 5.43. The van der Waals surface area contributed by atoms with Gasteiger partial charge in [-0.05, 0) is 58.6 Å². The zero-order valence-electron chi connectivity index (χ0n) is 10.8. The number of rotatable bonds is 3. The summed E-state index contributed by atoms with van der Waals surface area (Å²) < 4.78 is 14.2. The molecule has 0 heterocycles. The second kappa shape index (κ2) is 5.66. The molecule has 0 aliphatic heterocycles. The Bertz CT molecular complexity index is 614. The smallest absolute Gasteiger partial charge is 0.170 e. The van der Waals surface area contributed by atoms with E-state index < -0.39 is 5.82 Å². The van der Waals surface area contributed by atoms with Crippen LogP contribution in [0.4, 0.5) is 4.39 Å². The van der Waals surface area contributed by atoms with Gasteiger partial charge < -0.3 is 0 Å². The molecule has 0 radical (unpaired) electrons. The van der Waals surface area contributed by atoms with E-state index in [1.165, 1.54) is 6.07 Å². The molecule has 0 unspecified atom stereocenters. The number of ketones is 1. The minimum Gasteiger partial charge on any atom is -0.294 e. The second-order valence-electron chi connectivity index (χ2n) is 4.57. The summed E-state index contributed by atoms with van der Waals surface area (Å²) in [7, 11) is 0. The maximum absolute atomic E-state index is 13.9. The number of hydrogen-bond donors (Lipinski definition) is 0. The topological polar surface area (TPSA) is 17.1 Å². The first-order chi connectivity index (χ1) is 9.00. The third-order valence-corrected chi connectivity index (χ3v) is 3.85. The summed E-state index contributed by atoms with van der Waals surface area (Å²) in [6.07, 6.45) is 0.228. The van der Waals surface area contributed by atoms with E-state index in [0.717, 1.165) is 16.7 Å². The van der Waals surface area contributed by atoms with Gasteiger partial charge in [0.2, 0.25) is 0 Å². The van der Waals surface area contributed by atoms with Crippen molar-refractivity contribution in [1.82, 2.24) is 0 Å². The Morgan fingerprint density at radius 2 is 1.68 bits per heavy atom. The van der Waals surface area contributed by atoms with Crippen LogP contribution in [0.1, 0.15) is 27.0 Å². The first kappa shape index (κ1) is 13.9. The minimum absolute atomic E-state index is 0.136. The molecule has 98 valence electrons. The molecule has 1 nitrogen and oxygen atoms in total. The van der Waals surface area contributed by atoms with Gasteiger partial charge in [-0.25, -0.2) is 4.39 Å². The highest BCUT2D eigenvalue weighted by molar-refractivity contribution is 9.10. The summed E-state index contributed by atoms with van der Waals surface area (Å²) in [5.41, 5.74) is 3.23. The van der Waals surface area contributed by atoms with Crippen LogP contribution in [0.3, 0.4) is 0 Å². The van der Waals surface area contributed by atoms with Crippen LogP contribution in [-0.2, 0) is 6.42 Å². The van der Waals surface area contributed by atoms with Gasteiger partial charge in [-0.15, -0.1) is 0 Å². The first-order valence-corrected chi connectivity index (χ1v) is 6.82. The zero-order chi connectivity index (χ0) is 14.0. The SMILES string of the molecule is Cc1cccc(C)c1CC(=O)c1cccc(Br)c1F. The Labute approximate surface area is 120 Å². The van der Waals surface area contributed by atoms with Crippen LogP contribution in [0.5, 0.6) is 0 Å². The molecular weight excluding hydrogens is 307 g/mol. The lowest BCUT2D eigenvalue weighted by molar-refractivity contribution is 0.0988. The summed E-state index contributed by atoms with van der Waals surface area (Å²) in [5, 5.41) is 0. The van der Waals surface area contributed by atoms with E-state index in [1.807, 2.05) is 32.0 Å². The third kappa shape index (κ3) is 2.92. The molecule has 0 N–H and O–H groups in total. The Morgan fingerprint density at radius 3 is 2.32 bits per heavy atom. The van der Waals surface area contributed by atoms with Crippen molar-refractivity contribution < 1.29 is 9.18 Å². The lowest BCUT2D eigenvalue weighted by atomic mass is 9.95. The molecular formula is C16H14BrFO. The maximum atomic E-state index is 13.9. The Hall–Kier alpha value is -1.48. The van der Waals surface area contributed by atoms with Gasteiger partial charge in [0.25, 0.3) is 0 Å². The van der Waals surface area contributed by atoms with E-state index in [-0.39, 0.29) is 17.8 Å². The average molecular weight is 321 g/mol.